The van der Waals surface area contributed by atoms with Crippen LogP contribution in [0.1, 0.15) is 38.3 Å². The lowest BCUT2D eigenvalue weighted by Gasteiger charge is -2.42. The summed E-state index contributed by atoms with van der Waals surface area (Å²) in [5.41, 5.74) is 3.70. The van der Waals surface area contributed by atoms with Gasteiger partial charge in [0, 0.05) is 51.4 Å². The average Bonchev–Trinajstić information content (AvgIpc) is 2.88. The Hall–Kier alpha value is -2.83. The van der Waals surface area contributed by atoms with Crippen molar-refractivity contribution in [1.82, 2.24) is 14.7 Å². The first-order valence-electron chi connectivity index (χ1n) is 12.7. The van der Waals surface area contributed by atoms with E-state index >= 15 is 0 Å². The number of hydrogen-bond donors (Lipinski definition) is 0. The van der Waals surface area contributed by atoms with Gasteiger partial charge in [-0.1, -0.05) is 48.5 Å². The maximum absolute atomic E-state index is 12.4. The average molecular weight is 478 g/mol. The van der Waals surface area contributed by atoms with Crippen LogP contribution in [0.4, 0.5) is 4.79 Å². The molecule has 1 fully saturated rings. The van der Waals surface area contributed by atoms with Gasteiger partial charge in [-0.2, -0.15) is 0 Å². The second-order valence-corrected chi connectivity index (χ2v) is 10.3. The van der Waals surface area contributed by atoms with Crippen molar-refractivity contribution in [3.05, 3.63) is 71.8 Å². The first-order chi connectivity index (χ1) is 16.9. The van der Waals surface area contributed by atoms with Gasteiger partial charge in [-0.3, -0.25) is 9.80 Å². The lowest BCUT2D eigenvalue weighted by atomic mass is 9.99. The Morgan fingerprint density at radius 3 is 2.26 bits per heavy atom. The fourth-order valence-corrected chi connectivity index (χ4v) is 4.61. The molecular formula is C29H39N3O3. The van der Waals surface area contributed by atoms with Crippen molar-refractivity contribution < 1.29 is 14.3 Å². The number of piperazine rings is 1. The van der Waals surface area contributed by atoms with Crippen LogP contribution in [0, 0.1) is 0 Å². The van der Waals surface area contributed by atoms with E-state index in [2.05, 4.69) is 48.8 Å². The zero-order valence-corrected chi connectivity index (χ0v) is 21.4. The first kappa shape index (κ1) is 25.3. The zero-order chi connectivity index (χ0) is 24.7. The molecule has 6 nitrogen and oxygen atoms in total. The Morgan fingerprint density at radius 2 is 1.63 bits per heavy atom. The molecule has 0 N–H and O–H groups in total. The van der Waals surface area contributed by atoms with Crippen molar-refractivity contribution >= 4 is 11.7 Å². The summed E-state index contributed by atoms with van der Waals surface area (Å²) in [6.07, 6.45) is 2.69. The lowest BCUT2D eigenvalue weighted by molar-refractivity contribution is 0.0564. The topological polar surface area (TPSA) is 45.2 Å². The maximum Gasteiger partial charge on any atom is 0.410 e. The summed E-state index contributed by atoms with van der Waals surface area (Å²) in [5.74, 6) is 0.907. The molecule has 35 heavy (non-hydrogen) atoms. The predicted molar refractivity (Wildman–Crippen MR) is 140 cm³/mol. The number of nitrogens with zero attached hydrogens (tertiary/aromatic N) is 3. The molecule has 2 aliphatic heterocycles. The van der Waals surface area contributed by atoms with E-state index in [4.69, 9.17) is 9.47 Å². The molecule has 0 bridgehead atoms. The van der Waals surface area contributed by atoms with Gasteiger partial charge in [-0.25, -0.2) is 4.79 Å². The lowest BCUT2D eigenvalue weighted by Crippen LogP contribution is -2.53. The highest BCUT2D eigenvalue weighted by atomic mass is 16.6. The molecule has 1 saturated heterocycles. The fourth-order valence-electron chi connectivity index (χ4n) is 4.61. The van der Waals surface area contributed by atoms with E-state index in [0.717, 1.165) is 50.5 Å². The number of benzene rings is 2. The molecule has 4 rings (SSSR count). The third-order valence-corrected chi connectivity index (χ3v) is 6.89. The first-order valence-corrected chi connectivity index (χ1v) is 12.7. The predicted octanol–water partition coefficient (Wildman–Crippen LogP) is 4.91. The molecule has 2 heterocycles. The third-order valence-electron chi connectivity index (χ3n) is 6.89. The second-order valence-electron chi connectivity index (χ2n) is 10.3. The number of hydrogen-bond acceptors (Lipinski definition) is 5. The van der Waals surface area contributed by atoms with Crippen LogP contribution in [-0.4, -0.2) is 78.8 Å². The van der Waals surface area contributed by atoms with Crippen molar-refractivity contribution in [2.45, 2.75) is 39.3 Å². The smallest absolute Gasteiger partial charge is 0.410 e. The number of amides is 1. The largest absolute Gasteiger partial charge is 0.492 e. The van der Waals surface area contributed by atoms with Gasteiger partial charge in [0.05, 0.1) is 0 Å². The number of carbonyl (C=O) groups is 1. The number of rotatable bonds is 7. The van der Waals surface area contributed by atoms with E-state index in [0.29, 0.717) is 26.3 Å². The number of carbonyl (C=O) groups excluding carboxylic acids is 1. The van der Waals surface area contributed by atoms with Crippen LogP contribution in [0.2, 0.25) is 0 Å². The van der Waals surface area contributed by atoms with Crippen molar-refractivity contribution in [3.63, 3.8) is 0 Å². The summed E-state index contributed by atoms with van der Waals surface area (Å²) in [6, 6.07) is 18.1. The molecule has 2 aliphatic rings. The second kappa shape index (κ2) is 11.7. The van der Waals surface area contributed by atoms with Crippen LogP contribution in [0.25, 0.3) is 5.57 Å². The summed E-state index contributed by atoms with van der Waals surface area (Å²) in [4.78, 5) is 19.2. The van der Waals surface area contributed by atoms with Gasteiger partial charge in [-0.15, -0.1) is 0 Å². The number of ether oxygens (including phenoxy) is 2. The van der Waals surface area contributed by atoms with E-state index in [-0.39, 0.29) is 11.6 Å². The molecule has 6 heteroatoms. The van der Waals surface area contributed by atoms with E-state index in [1.807, 2.05) is 42.5 Å². The van der Waals surface area contributed by atoms with Crippen molar-refractivity contribution in [1.29, 1.82) is 0 Å². The van der Waals surface area contributed by atoms with Crippen LogP contribution in [0.5, 0.6) is 5.75 Å². The van der Waals surface area contributed by atoms with Crippen LogP contribution >= 0.6 is 0 Å². The summed E-state index contributed by atoms with van der Waals surface area (Å²) in [5, 5.41) is 0. The van der Waals surface area contributed by atoms with Crippen molar-refractivity contribution in [3.8, 4) is 5.75 Å². The van der Waals surface area contributed by atoms with Gasteiger partial charge in [0.25, 0.3) is 0 Å². The SMILES string of the molecule is CC(C)(C)N1CCN(CCOc2ccc(C3=CCN(C(=O)OCc4ccccc4)CC3)cc2)CC1. The van der Waals surface area contributed by atoms with Crippen molar-refractivity contribution in [2.24, 2.45) is 0 Å². The Morgan fingerprint density at radius 1 is 0.914 bits per heavy atom. The molecule has 0 unspecified atom stereocenters. The van der Waals surface area contributed by atoms with Gasteiger partial charge >= 0.3 is 6.09 Å². The highest BCUT2D eigenvalue weighted by Gasteiger charge is 2.25. The summed E-state index contributed by atoms with van der Waals surface area (Å²) >= 11 is 0. The molecule has 188 valence electrons. The van der Waals surface area contributed by atoms with Gasteiger partial charge in [0.1, 0.15) is 19.0 Å². The summed E-state index contributed by atoms with van der Waals surface area (Å²) in [7, 11) is 0. The van der Waals surface area contributed by atoms with Crippen LogP contribution < -0.4 is 4.74 Å². The zero-order valence-electron chi connectivity index (χ0n) is 21.4. The minimum absolute atomic E-state index is 0.252. The van der Waals surface area contributed by atoms with Crippen LogP contribution in [0.15, 0.2) is 60.7 Å². The van der Waals surface area contributed by atoms with E-state index < -0.39 is 0 Å². The fraction of sp³-hybridized carbons (Fsp3) is 0.483. The molecule has 0 saturated carbocycles. The maximum atomic E-state index is 12.4. The quantitative estimate of drug-likeness (QED) is 0.567. The van der Waals surface area contributed by atoms with Crippen molar-refractivity contribution in [2.75, 3.05) is 52.4 Å². The monoisotopic (exact) mass is 477 g/mol. The summed E-state index contributed by atoms with van der Waals surface area (Å²) in [6.45, 7) is 14.5. The van der Waals surface area contributed by atoms with E-state index in [9.17, 15) is 4.79 Å². The Balaban J connectivity index is 1.18. The third kappa shape index (κ3) is 7.33. The molecule has 2 aromatic rings. The standard InChI is InChI=1S/C29H39N3O3/c1-29(2,3)32-19-17-30(18-20-32)21-22-34-27-11-9-25(10-12-27)26-13-15-31(16-14-26)28(33)35-23-24-7-5-4-6-8-24/h4-13H,14-23H2,1-3H3. The molecular weight excluding hydrogens is 438 g/mol. The minimum Gasteiger partial charge on any atom is -0.492 e. The molecule has 1 amide bonds. The molecule has 0 radical (unpaired) electrons. The highest BCUT2D eigenvalue weighted by molar-refractivity contribution is 5.72. The Kier molecular flexibility index (Phi) is 8.47. The van der Waals surface area contributed by atoms with Crippen LogP contribution in [-0.2, 0) is 11.3 Å². The van der Waals surface area contributed by atoms with Gasteiger partial charge in [0.15, 0.2) is 0 Å². The van der Waals surface area contributed by atoms with Gasteiger partial charge < -0.3 is 14.4 Å². The molecule has 0 aliphatic carbocycles. The highest BCUT2D eigenvalue weighted by Crippen LogP contribution is 2.25. The Labute approximate surface area is 210 Å². The molecule has 0 atom stereocenters. The van der Waals surface area contributed by atoms with E-state index in [1.165, 1.54) is 11.1 Å². The normalized spacial score (nSPS) is 17.7. The molecule has 0 spiro atoms. The van der Waals surface area contributed by atoms with Gasteiger partial charge in [-0.05, 0) is 56.0 Å². The Bertz CT molecular complexity index is 974. The minimum atomic E-state index is -0.257. The molecule has 2 aromatic carbocycles. The molecule has 0 aromatic heterocycles. The van der Waals surface area contributed by atoms with Gasteiger partial charge in [0.2, 0.25) is 0 Å². The van der Waals surface area contributed by atoms with E-state index in [1.54, 1.807) is 4.90 Å². The van der Waals surface area contributed by atoms with Crippen LogP contribution in [0.3, 0.4) is 0 Å². The summed E-state index contributed by atoms with van der Waals surface area (Å²) < 4.78 is 11.5.